The quantitative estimate of drug-likeness (QED) is 0.846. The van der Waals surface area contributed by atoms with E-state index in [0.717, 1.165) is 10.6 Å². The van der Waals surface area contributed by atoms with E-state index in [0.29, 0.717) is 12.2 Å². The summed E-state index contributed by atoms with van der Waals surface area (Å²) in [6.07, 6.45) is 3.16. The van der Waals surface area contributed by atoms with Crippen LogP contribution in [0.3, 0.4) is 0 Å². The molecule has 5 heteroatoms. The van der Waals surface area contributed by atoms with Crippen LogP contribution in [-0.4, -0.2) is 11.1 Å². The zero-order valence-electron chi connectivity index (χ0n) is 9.34. The van der Waals surface area contributed by atoms with Crippen LogP contribution in [0.25, 0.3) is 10.6 Å². The highest BCUT2D eigenvalue weighted by Crippen LogP contribution is 2.24. The van der Waals surface area contributed by atoms with Crippen molar-refractivity contribution in [3.63, 3.8) is 0 Å². The minimum Gasteiger partial charge on any atom is -0.355 e. The fourth-order valence-electron chi connectivity index (χ4n) is 1.32. The summed E-state index contributed by atoms with van der Waals surface area (Å²) in [5.41, 5.74) is 0.714. The first-order valence-corrected chi connectivity index (χ1v) is 6.07. The van der Waals surface area contributed by atoms with E-state index >= 15 is 0 Å². The second kappa shape index (κ2) is 5.45. The molecule has 2 heterocycles. The lowest BCUT2D eigenvalue weighted by atomic mass is 10.3. The number of hydrogen-bond donors (Lipinski definition) is 1. The SMILES string of the molecule is C/C=C\C(=O)NCc1cc(-c2cccs2)on1. The molecule has 0 spiro atoms. The van der Waals surface area contributed by atoms with Crippen LogP contribution < -0.4 is 5.32 Å². The third-order valence-electron chi connectivity index (χ3n) is 2.08. The number of nitrogens with zero attached hydrogens (tertiary/aromatic N) is 1. The minimum absolute atomic E-state index is 0.131. The molecule has 2 aromatic rings. The van der Waals surface area contributed by atoms with E-state index < -0.39 is 0 Å². The summed E-state index contributed by atoms with van der Waals surface area (Å²) in [6.45, 7) is 2.17. The smallest absolute Gasteiger partial charge is 0.243 e. The van der Waals surface area contributed by atoms with Gasteiger partial charge in [-0.1, -0.05) is 17.3 Å². The van der Waals surface area contributed by atoms with Crippen LogP contribution in [-0.2, 0) is 11.3 Å². The van der Waals surface area contributed by atoms with Gasteiger partial charge in [-0.3, -0.25) is 4.79 Å². The van der Waals surface area contributed by atoms with E-state index in [1.165, 1.54) is 6.08 Å². The van der Waals surface area contributed by atoms with Crippen molar-refractivity contribution in [2.24, 2.45) is 0 Å². The van der Waals surface area contributed by atoms with Crippen molar-refractivity contribution in [2.45, 2.75) is 13.5 Å². The third-order valence-corrected chi connectivity index (χ3v) is 2.97. The molecule has 17 heavy (non-hydrogen) atoms. The highest BCUT2D eigenvalue weighted by molar-refractivity contribution is 7.13. The molecule has 0 atom stereocenters. The van der Waals surface area contributed by atoms with Crippen LogP contribution in [0.5, 0.6) is 0 Å². The van der Waals surface area contributed by atoms with Crippen molar-refractivity contribution in [1.82, 2.24) is 10.5 Å². The second-order valence-corrected chi connectivity index (χ2v) is 4.33. The fourth-order valence-corrected chi connectivity index (χ4v) is 1.99. The lowest BCUT2D eigenvalue weighted by Gasteiger charge is -1.96. The molecule has 2 aromatic heterocycles. The Labute approximate surface area is 103 Å². The monoisotopic (exact) mass is 248 g/mol. The van der Waals surface area contributed by atoms with Gasteiger partial charge < -0.3 is 9.84 Å². The predicted octanol–water partition coefficient (Wildman–Crippen LogP) is 2.60. The number of allylic oxidation sites excluding steroid dienone is 1. The number of hydrogen-bond acceptors (Lipinski definition) is 4. The molecule has 1 amide bonds. The van der Waals surface area contributed by atoms with Crippen molar-refractivity contribution >= 4 is 17.2 Å². The maximum atomic E-state index is 11.2. The molecule has 0 aliphatic carbocycles. The number of thiophene rings is 1. The summed E-state index contributed by atoms with van der Waals surface area (Å²) < 4.78 is 5.19. The van der Waals surface area contributed by atoms with E-state index in [-0.39, 0.29) is 5.91 Å². The summed E-state index contributed by atoms with van der Waals surface area (Å²) in [4.78, 5) is 12.2. The number of rotatable bonds is 4. The molecule has 2 rings (SSSR count). The van der Waals surface area contributed by atoms with Crippen molar-refractivity contribution in [1.29, 1.82) is 0 Å². The molecule has 1 N–H and O–H groups in total. The first-order valence-electron chi connectivity index (χ1n) is 5.19. The van der Waals surface area contributed by atoms with Crippen LogP contribution in [0.2, 0.25) is 0 Å². The number of nitrogens with one attached hydrogen (secondary N) is 1. The first-order chi connectivity index (χ1) is 8.29. The maximum Gasteiger partial charge on any atom is 0.243 e. The lowest BCUT2D eigenvalue weighted by molar-refractivity contribution is -0.116. The molecular formula is C12H12N2O2S. The van der Waals surface area contributed by atoms with Crippen LogP contribution in [0.15, 0.2) is 40.3 Å². The minimum atomic E-state index is -0.131. The standard InChI is InChI=1S/C12H12N2O2S/c1-2-4-12(15)13-8-9-7-10(16-14-9)11-5-3-6-17-11/h2-7H,8H2,1H3,(H,13,15)/b4-2-. The van der Waals surface area contributed by atoms with Gasteiger partial charge in [0.25, 0.3) is 0 Å². The molecule has 0 aromatic carbocycles. The summed E-state index contributed by atoms with van der Waals surface area (Å²) in [6, 6.07) is 5.76. The van der Waals surface area contributed by atoms with Gasteiger partial charge in [-0.15, -0.1) is 11.3 Å². The number of aromatic nitrogens is 1. The topological polar surface area (TPSA) is 55.1 Å². The lowest BCUT2D eigenvalue weighted by Crippen LogP contribution is -2.20. The van der Waals surface area contributed by atoms with Crippen molar-refractivity contribution < 1.29 is 9.32 Å². The van der Waals surface area contributed by atoms with E-state index in [4.69, 9.17) is 4.52 Å². The molecule has 0 bridgehead atoms. The molecule has 0 saturated carbocycles. The van der Waals surface area contributed by atoms with Gasteiger partial charge in [0.1, 0.15) is 5.69 Å². The molecule has 4 nitrogen and oxygen atoms in total. The zero-order valence-corrected chi connectivity index (χ0v) is 10.2. The number of carbonyl (C=O) groups is 1. The highest BCUT2D eigenvalue weighted by atomic mass is 32.1. The number of carbonyl (C=O) groups excluding carboxylic acids is 1. The normalized spacial score (nSPS) is 10.9. The Morgan fingerprint density at radius 2 is 2.53 bits per heavy atom. The molecule has 0 unspecified atom stereocenters. The largest absolute Gasteiger partial charge is 0.355 e. The van der Waals surface area contributed by atoms with Gasteiger partial charge >= 0.3 is 0 Å². The van der Waals surface area contributed by atoms with Gasteiger partial charge in [-0.2, -0.15) is 0 Å². The summed E-state index contributed by atoms with van der Waals surface area (Å²) in [5.74, 6) is 0.600. The van der Waals surface area contributed by atoms with Gasteiger partial charge in [0, 0.05) is 6.07 Å². The van der Waals surface area contributed by atoms with Crippen LogP contribution in [0.1, 0.15) is 12.6 Å². The predicted molar refractivity (Wildman–Crippen MR) is 66.5 cm³/mol. The first kappa shape index (κ1) is 11.6. The van der Waals surface area contributed by atoms with Crippen molar-refractivity contribution in [2.75, 3.05) is 0 Å². The fraction of sp³-hybridized carbons (Fsp3) is 0.167. The molecule has 0 fully saturated rings. The van der Waals surface area contributed by atoms with Crippen LogP contribution in [0, 0.1) is 0 Å². The van der Waals surface area contributed by atoms with Gasteiger partial charge in [0.05, 0.1) is 11.4 Å². The number of amides is 1. The summed E-state index contributed by atoms with van der Waals surface area (Å²) >= 11 is 1.59. The molecule has 88 valence electrons. The Morgan fingerprint density at radius 1 is 1.65 bits per heavy atom. The van der Waals surface area contributed by atoms with Gasteiger partial charge in [0.2, 0.25) is 5.91 Å². The Kier molecular flexibility index (Phi) is 3.72. The van der Waals surface area contributed by atoms with Crippen LogP contribution >= 0.6 is 11.3 Å². The summed E-state index contributed by atoms with van der Waals surface area (Å²) in [7, 11) is 0. The molecule has 0 saturated heterocycles. The summed E-state index contributed by atoms with van der Waals surface area (Å²) in [5, 5.41) is 8.59. The van der Waals surface area contributed by atoms with Gasteiger partial charge in [0.15, 0.2) is 5.76 Å². The average Bonchev–Trinajstić information content (AvgIpc) is 2.97. The molecule has 0 aliphatic rings. The Morgan fingerprint density at radius 3 is 3.24 bits per heavy atom. The third kappa shape index (κ3) is 3.04. The van der Waals surface area contributed by atoms with E-state index in [1.807, 2.05) is 23.6 Å². The maximum absolute atomic E-state index is 11.2. The van der Waals surface area contributed by atoms with E-state index in [9.17, 15) is 4.79 Å². The Balaban J connectivity index is 1.97. The van der Waals surface area contributed by atoms with Crippen LogP contribution in [0.4, 0.5) is 0 Å². The van der Waals surface area contributed by atoms with Gasteiger partial charge in [-0.05, 0) is 24.4 Å². The van der Waals surface area contributed by atoms with Crippen molar-refractivity contribution in [3.05, 3.63) is 41.4 Å². The highest BCUT2D eigenvalue weighted by Gasteiger charge is 2.07. The van der Waals surface area contributed by atoms with Crippen molar-refractivity contribution in [3.8, 4) is 10.6 Å². The molecule has 0 radical (unpaired) electrons. The average molecular weight is 248 g/mol. The second-order valence-electron chi connectivity index (χ2n) is 3.38. The van der Waals surface area contributed by atoms with E-state index in [1.54, 1.807) is 24.3 Å². The molecule has 0 aliphatic heterocycles. The van der Waals surface area contributed by atoms with Gasteiger partial charge in [-0.25, -0.2) is 0 Å². The zero-order chi connectivity index (χ0) is 12.1. The molecular weight excluding hydrogens is 236 g/mol. The Hall–Kier alpha value is -1.88. The van der Waals surface area contributed by atoms with E-state index in [2.05, 4.69) is 10.5 Å². The Bertz CT molecular complexity index is 514.